The molecule has 0 spiro atoms. The molecule has 0 aromatic heterocycles. The van der Waals surface area contributed by atoms with E-state index in [0.717, 1.165) is 6.26 Å². The molecule has 0 saturated heterocycles. The van der Waals surface area contributed by atoms with Crippen LogP contribution in [0.4, 0.5) is 10.1 Å². The number of rotatable bonds is 11. The topological polar surface area (TPSA) is 86.8 Å². The van der Waals surface area contributed by atoms with Crippen molar-refractivity contribution in [2.24, 2.45) is 0 Å². The van der Waals surface area contributed by atoms with Crippen LogP contribution in [0.2, 0.25) is 5.02 Å². The smallest absolute Gasteiger partial charge is 0.242 e. The molecule has 1 atom stereocenters. The van der Waals surface area contributed by atoms with Crippen LogP contribution in [-0.4, -0.2) is 50.0 Å². The van der Waals surface area contributed by atoms with Crippen LogP contribution < -0.4 is 9.62 Å². The van der Waals surface area contributed by atoms with Gasteiger partial charge in [-0.25, -0.2) is 12.8 Å². The van der Waals surface area contributed by atoms with Crippen molar-refractivity contribution in [3.8, 4) is 0 Å². The lowest BCUT2D eigenvalue weighted by Gasteiger charge is -2.30. The van der Waals surface area contributed by atoms with Gasteiger partial charge in [-0.05, 0) is 69.2 Å². The zero-order valence-electron chi connectivity index (χ0n) is 19.8. The number of sulfonamides is 1. The average Bonchev–Trinajstić information content (AvgIpc) is 2.75. The lowest BCUT2D eigenvalue weighted by atomic mass is 10.1. The van der Waals surface area contributed by atoms with Gasteiger partial charge in [0.2, 0.25) is 21.8 Å². The number of hydrogen-bond acceptors (Lipinski definition) is 4. The van der Waals surface area contributed by atoms with E-state index in [1.54, 1.807) is 43.3 Å². The minimum atomic E-state index is -3.58. The highest BCUT2D eigenvalue weighted by molar-refractivity contribution is 7.92. The van der Waals surface area contributed by atoms with Crippen LogP contribution in [0.15, 0.2) is 48.5 Å². The van der Waals surface area contributed by atoms with Crippen molar-refractivity contribution in [2.75, 3.05) is 17.1 Å². The normalized spacial score (nSPS) is 12.3. The summed E-state index contributed by atoms with van der Waals surface area (Å²) in [5.41, 5.74) is 1.13. The van der Waals surface area contributed by atoms with E-state index in [4.69, 9.17) is 11.6 Å². The van der Waals surface area contributed by atoms with Crippen molar-refractivity contribution >= 4 is 39.1 Å². The molecular weight excluding hydrogens is 481 g/mol. The van der Waals surface area contributed by atoms with Crippen LogP contribution in [-0.2, 0) is 26.2 Å². The highest BCUT2D eigenvalue weighted by Crippen LogP contribution is 2.21. The Kier molecular flexibility index (Phi) is 9.88. The van der Waals surface area contributed by atoms with E-state index >= 15 is 0 Å². The molecule has 1 N–H and O–H groups in total. The molecule has 7 nitrogen and oxygen atoms in total. The summed E-state index contributed by atoms with van der Waals surface area (Å²) in [7, 11) is -3.58. The van der Waals surface area contributed by atoms with Crippen LogP contribution in [0.25, 0.3) is 0 Å². The quantitative estimate of drug-likeness (QED) is 0.494. The number of hydrogen-bond donors (Lipinski definition) is 1. The van der Waals surface area contributed by atoms with E-state index in [1.165, 1.54) is 21.3 Å². The number of carbonyl (C=O) groups excluding carboxylic acids is 2. The number of nitrogens with zero attached hydrogens (tertiary/aromatic N) is 2. The molecule has 1 unspecified atom stereocenters. The van der Waals surface area contributed by atoms with Crippen molar-refractivity contribution in [2.45, 2.75) is 52.2 Å². The summed E-state index contributed by atoms with van der Waals surface area (Å²) in [6.45, 7) is 5.50. The Labute approximate surface area is 205 Å². The molecule has 2 rings (SSSR count). The molecule has 0 radical (unpaired) electrons. The lowest BCUT2D eigenvalue weighted by molar-refractivity contribution is -0.140. The number of benzene rings is 2. The standard InChI is InChI=1S/C24H31ClFN3O4S/c1-17(2)27-24(31)18(3)28(16-19-7-11-21(26)12-8-19)23(30)6-5-15-29(34(4,32)33)22-13-9-20(25)10-14-22/h7-14,17-18H,5-6,15-16H2,1-4H3,(H,27,31). The van der Waals surface area contributed by atoms with E-state index in [2.05, 4.69) is 5.32 Å². The minimum Gasteiger partial charge on any atom is -0.352 e. The number of carbonyl (C=O) groups is 2. The Morgan fingerprint density at radius 2 is 1.62 bits per heavy atom. The lowest BCUT2D eigenvalue weighted by Crippen LogP contribution is -2.49. The van der Waals surface area contributed by atoms with Crippen LogP contribution >= 0.6 is 11.6 Å². The Bertz CT molecular complexity index is 1080. The van der Waals surface area contributed by atoms with Gasteiger partial charge >= 0.3 is 0 Å². The summed E-state index contributed by atoms with van der Waals surface area (Å²) < 4.78 is 39.1. The van der Waals surface area contributed by atoms with Crippen molar-refractivity contribution in [1.29, 1.82) is 0 Å². The van der Waals surface area contributed by atoms with E-state index in [9.17, 15) is 22.4 Å². The number of amides is 2. The summed E-state index contributed by atoms with van der Waals surface area (Å²) in [5, 5.41) is 3.29. The fourth-order valence-electron chi connectivity index (χ4n) is 3.39. The summed E-state index contributed by atoms with van der Waals surface area (Å²) in [6, 6.07) is 11.3. The van der Waals surface area contributed by atoms with E-state index in [-0.39, 0.29) is 43.8 Å². The Balaban J connectivity index is 2.15. The first-order valence-electron chi connectivity index (χ1n) is 11.0. The SMILES string of the molecule is CC(C)NC(=O)C(C)N(Cc1ccc(F)cc1)C(=O)CCCN(c1ccc(Cl)cc1)S(C)(=O)=O. The van der Waals surface area contributed by atoms with Crippen LogP contribution in [0.5, 0.6) is 0 Å². The molecule has 2 aromatic carbocycles. The summed E-state index contributed by atoms with van der Waals surface area (Å²) in [6.07, 6.45) is 1.37. The van der Waals surface area contributed by atoms with Gasteiger partial charge in [0.1, 0.15) is 11.9 Å². The second-order valence-electron chi connectivity index (χ2n) is 8.40. The predicted molar refractivity (Wildman–Crippen MR) is 133 cm³/mol. The zero-order valence-corrected chi connectivity index (χ0v) is 21.4. The third-order valence-corrected chi connectivity index (χ3v) is 6.58. The maximum Gasteiger partial charge on any atom is 0.242 e. The molecule has 0 aliphatic carbocycles. The molecule has 0 saturated carbocycles. The zero-order chi connectivity index (χ0) is 25.5. The summed E-state index contributed by atoms with van der Waals surface area (Å²) >= 11 is 5.90. The minimum absolute atomic E-state index is 0.0279. The van der Waals surface area contributed by atoms with Gasteiger partial charge in [-0.2, -0.15) is 0 Å². The summed E-state index contributed by atoms with van der Waals surface area (Å²) in [5.74, 6) is -1.00. The molecule has 0 heterocycles. The van der Waals surface area contributed by atoms with Gasteiger partial charge in [0.25, 0.3) is 0 Å². The van der Waals surface area contributed by atoms with Crippen molar-refractivity contribution in [3.05, 3.63) is 64.9 Å². The third-order valence-electron chi connectivity index (χ3n) is 5.13. The largest absolute Gasteiger partial charge is 0.352 e. The van der Waals surface area contributed by atoms with Gasteiger partial charge in [0.15, 0.2) is 0 Å². The molecule has 186 valence electrons. The van der Waals surface area contributed by atoms with Crippen molar-refractivity contribution < 1.29 is 22.4 Å². The first-order chi connectivity index (χ1) is 15.9. The number of anilines is 1. The Hall–Kier alpha value is -2.65. The summed E-state index contributed by atoms with van der Waals surface area (Å²) in [4.78, 5) is 27.2. The number of halogens is 2. The van der Waals surface area contributed by atoms with Gasteiger partial charge in [-0.15, -0.1) is 0 Å². The highest BCUT2D eigenvalue weighted by Gasteiger charge is 2.27. The molecule has 2 amide bonds. The van der Waals surface area contributed by atoms with Crippen LogP contribution in [0.1, 0.15) is 39.2 Å². The first kappa shape index (κ1) is 27.6. The van der Waals surface area contributed by atoms with E-state index < -0.39 is 21.9 Å². The first-order valence-corrected chi connectivity index (χ1v) is 13.2. The predicted octanol–water partition coefficient (Wildman–Crippen LogP) is 3.97. The maximum atomic E-state index is 13.3. The van der Waals surface area contributed by atoms with Gasteiger partial charge in [0, 0.05) is 30.6 Å². The van der Waals surface area contributed by atoms with Crippen LogP contribution in [0, 0.1) is 5.82 Å². The molecule has 10 heteroatoms. The average molecular weight is 512 g/mol. The highest BCUT2D eigenvalue weighted by atomic mass is 35.5. The fourth-order valence-corrected chi connectivity index (χ4v) is 4.48. The van der Waals surface area contributed by atoms with E-state index in [0.29, 0.717) is 16.3 Å². The van der Waals surface area contributed by atoms with Crippen molar-refractivity contribution in [3.63, 3.8) is 0 Å². The maximum absolute atomic E-state index is 13.3. The molecule has 34 heavy (non-hydrogen) atoms. The second-order valence-corrected chi connectivity index (χ2v) is 10.7. The monoisotopic (exact) mass is 511 g/mol. The van der Waals surface area contributed by atoms with Gasteiger partial charge in [0.05, 0.1) is 11.9 Å². The molecule has 0 bridgehead atoms. The molecular formula is C24H31ClFN3O4S. The molecule has 0 aliphatic heterocycles. The molecule has 0 fully saturated rings. The van der Waals surface area contributed by atoms with Crippen molar-refractivity contribution in [1.82, 2.24) is 10.2 Å². The Morgan fingerprint density at radius 3 is 2.15 bits per heavy atom. The van der Waals surface area contributed by atoms with Gasteiger partial charge < -0.3 is 10.2 Å². The fraction of sp³-hybridized carbons (Fsp3) is 0.417. The third kappa shape index (κ3) is 8.29. The van der Waals surface area contributed by atoms with Gasteiger partial charge in [-0.1, -0.05) is 23.7 Å². The number of nitrogens with one attached hydrogen (secondary N) is 1. The molecule has 2 aromatic rings. The second kappa shape index (κ2) is 12.2. The molecule has 0 aliphatic rings. The van der Waals surface area contributed by atoms with E-state index in [1.807, 2.05) is 13.8 Å². The Morgan fingerprint density at radius 1 is 1.03 bits per heavy atom. The van der Waals surface area contributed by atoms with Crippen LogP contribution in [0.3, 0.4) is 0 Å². The van der Waals surface area contributed by atoms with Gasteiger partial charge in [-0.3, -0.25) is 13.9 Å².